The second-order valence-electron chi connectivity index (χ2n) is 5.57. The predicted octanol–water partition coefficient (Wildman–Crippen LogP) is 3.23. The molecule has 0 aliphatic carbocycles. The lowest BCUT2D eigenvalue weighted by atomic mass is 10.1. The molecule has 0 aliphatic rings. The van der Waals surface area contributed by atoms with Gasteiger partial charge in [-0.3, -0.25) is 9.00 Å². The molecule has 1 atom stereocenters. The molecule has 0 saturated carbocycles. The first-order valence-corrected chi connectivity index (χ1v) is 9.26. The van der Waals surface area contributed by atoms with E-state index in [1.807, 2.05) is 32.0 Å². The Morgan fingerprint density at radius 1 is 1.12 bits per heavy atom. The lowest BCUT2D eigenvalue weighted by Crippen LogP contribution is -2.22. The number of hydrogen-bond donors (Lipinski definition) is 1. The number of esters is 1. The number of anilines is 1. The third-order valence-electron chi connectivity index (χ3n) is 3.60. The van der Waals surface area contributed by atoms with Crippen molar-refractivity contribution in [3.8, 4) is 0 Å². The van der Waals surface area contributed by atoms with Crippen molar-refractivity contribution in [2.75, 3.05) is 17.7 Å². The van der Waals surface area contributed by atoms with E-state index in [-0.39, 0.29) is 5.56 Å². The molecule has 25 heavy (non-hydrogen) atoms. The van der Waals surface area contributed by atoms with Crippen molar-refractivity contribution in [3.05, 3.63) is 59.2 Å². The first-order chi connectivity index (χ1) is 11.9. The van der Waals surface area contributed by atoms with Crippen LogP contribution in [-0.4, -0.2) is 28.4 Å². The van der Waals surface area contributed by atoms with E-state index in [2.05, 4.69) is 5.32 Å². The molecule has 2 aromatic rings. The highest BCUT2D eigenvalue weighted by molar-refractivity contribution is 7.85. The van der Waals surface area contributed by atoms with Gasteiger partial charge in [0.2, 0.25) is 0 Å². The SMILES string of the molecule is CCS(=O)c1ccccc1C(=O)OCC(=O)Nc1ccc(C)cc1C. The van der Waals surface area contributed by atoms with E-state index in [1.54, 1.807) is 31.2 Å². The van der Waals surface area contributed by atoms with Crippen LogP contribution in [0.5, 0.6) is 0 Å². The minimum Gasteiger partial charge on any atom is -0.452 e. The van der Waals surface area contributed by atoms with Crippen molar-refractivity contribution in [1.82, 2.24) is 0 Å². The molecule has 0 radical (unpaired) electrons. The summed E-state index contributed by atoms with van der Waals surface area (Å²) in [6, 6.07) is 12.2. The highest BCUT2D eigenvalue weighted by Crippen LogP contribution is 2.17. The molecule has 0 saturated heterocycles. The maximum Gasteiger partial charge on any atom is 0.339 e. The quantitative estimate of drug-likeness (QED) is 0.804. The summed E-state index contributed by atoms with van der Waals surface area (Å²) in [6.45, 7) is 5.23. The summed E-state index contributed by atoms with van der Waals surface area (Å²) in [5.74, 6) is -0.681. The van der Waals surface area contributed by atoms with Gasteiger partial charge in [0.1, 0.15) is 0 Å². The Morgan fingerprint density at radius 2 is 1.84 bits per heavy atom. The van der Waals surface area contributed by atoms with Crippen molar-refractivity contribution in [3.63, 3.8) is 0 Å². The Bertz CT molecular complexity index is 817. The first kappa shape index (κ1) is 18.9. The predicted molar refractivity (Wildman–Crippen MR) is 98.2 cm³/mol. The van der Waals surface area contributed by atoms with Gasteiger partial charge in [-0.05, 0) is 37.6 Å². The van der Waals surface area contributed by atoms with Crippen molar-refractivity contribution in [1.29, 1.82) is 0 Å². The minimum absolute atomic E-state index is 0.224. The van der Waals surface area contributed by atoms with E-state index in [0.717, 1.165) is 11.1 Å². The molecule has 2 aromatic carbocycles. The van der Waals surface area contributed by atoms with Crippen molar-refractivity contribution < 1.29 is 18.5 Å². The van der Waals surface area contributed by atoms with Crippen molar-refractivity contribution in [2.45, 2.75) is 25.7 Å². The number of carbonyl (C=O) groups excluding carboxylic acids is 2. The Hall–Kier alpha value is -2.47. The molecule has 1 amide bonds. The molecule has 0 bridgehead atoms. The van der Waals surface area contributed by atoms with E-state index >= 15 is 0 Å². The summed E-state index contributed by atoms with van der Waals surface area (Å²) >= 11 is 0. The minimum atomic E-state index is -1.28. The Morgan fingerprint density at radius 3 is 2.52 bits per heavy atom. The fourth-order valence-corrected chi connectivity index (χ4v) is 3.28. The fourth-order valence-electron chi connectivity index (χ4n) is 2.34. The van der Waals surface area contributed by atoms with Gasteiger partial charge in [0.15, 0.2) is 6.61 Å². The third-order valence-corrected chi connectivity index (χ3v) is 4.98. The summed E-state index contributed by atoms with van der Waals surface area (Å²) in [7, 11) is -1.28. The topological polar surface area (TPSA) is 72.5 Å². The number of rotatable bonds is 6. The number of nitrogens with one attached hydrogen (secondary N) is 1. The average Bonchev–Trinajstić information content (AvgIpc) is 2.61. The molecule has 0 fully saturated rings. The normalized spacial score (nSPS) is 11.6. The van der Waals surface area contributed by atoms with Gasteiger partial charge in [0.25, 0.3) is 5.91 Å². The smallest absolute Gasteiger partial charge is 0.339 e. The number of hydrogen-bond acceptors (Lipinski definition) is 4. The van der Waals surface area contributed by atoms with Crippen LogP contribution in [-0.2, 0) is 20.3 Å². The molecule has 6 heteroatoms. The van der Waals surface area contributed by atoms with E-state index < -0.39 is 29.3 Å². The van der Waals surface area contributed by atoms with E-state index in [0.29, 0.717) is 16.3 Å². The van der Waals surface area contributed by atoms with Gasteiger partial charge in [-0.1, -0.05) is 36.8 Å². The summed E-state index contributed by atoms with van der Waals surface area (Å²) in [4.78, 5) is 24.7. The molecule has 5 nitrogen and oxygen atoms in total. The second-order valence-corrected chi connectivity index (χ2v) is 7.28. The lowest BCUT2D eigenvalue weighted by molar-refractivity contribution is -0.119. The zero-order valence-electron chi connectivity index (χ0n) is 14.5. The maximum absolute atomic E-state index is 12.2. The number of carbonyl (C=O) groups is 2. The highest BCUT2D eigenvalue weighted by Gasteiger charge is 2.17. The molecule has 0 aromatic heterocycles. The van der Waals surface area contributed by atoms with Crippen LogP contribution in [0.3, 0.4) is 0 Å². The Labute approximate surface area is 149 Å². The molecular formula is C19H21NO4S. The zero-order chi connectivity index (χ0) is 18.4. The van der Waals surface area contributed by atoms with Crippen LogP contribution >= 0.6 is 0 Å². The number of ether oxygens (including phenoxy) is 1. The Balaban J connectivity index is 2.00. The van der Waals surface area contributed by atoms with Gasteiger partial charge in [0.05, 0.1) is 21.3 Å². The van der Waals surface area contributed by atoms with Crippen LogP contribution in [0.2, 0.25) is 0 Å². The molecule has 1 N–H and O–H groups in total. The van der Waals surface area contributed by atoms with Gasteiger partial charge in [-0.15, -0.1) is 0 Å². The summed E-state index contributed by atoms with van der Waals surface area (Å²) in [5, 5.41) is 2.72. The molecule has 0 heterocycles. The van der Waals surface area contributed by atoms with Gasteiger partial charge >= 0.3 is 5.97 Å². The van der Waals surface area contributed by atoms with Crippen LogP contribution in [0.4, 0.5) is 5.69 Å². The van der Waals surface area contributed by atoms with E-state index in [9.17, 15) is 13.8 Å². The van der Waals surface area contributed by atoms with Crippen molar-refractivity contribution >= 4 is 28.4 Å². The second kappa shape index (κ2) is 8.58. The van der Waals surface area contributed by atoms with Crippen LogP contribution in [0, 0.1) is 13.8 Å². The first-order valence-electron chi connectivity index (χ1n) is 7.94. The standard InChI is InChI=1S/C19H21NO4S/c1-4-25(23)17-8-6-5-7-15(17)19(22)24-12-18(21)20-16-10-9-13(2)11-14(16)3/h5-11H,4,12H2,1-3H3,(H,20,21). The third kappa shape index (κ3) is 5.00. The molecule has 2 rings (SSSR count). The average molecular weight is 359 g/mol. The molecular weight excluding hydrogens is 338 g/mol. The number of aryl methyl sites for hydroxylation is 2. The fraction of sp³-hybridized carbons (Fsp3) is 0.263. The largest absolute Gasteiger partial charge is 0.452 e. The van der Waals surface area contributed by atoms with Gasteiger partial charge in [-0.2, -0.15) is 0 Å². The van der Waals surface area contributed by atoms with Crippen LogP contribution < -0.4 is 5.32 Å². The highest BCUT2D eigenvalue weighted by atomic mass is 32.2. The van der Waals surface area contributed by atoms with Crippen molar-refractivity contribution in [2.24, 2.45) is 0 Å². The number of amides is 1. The van der Waals surface area contributed by atoms with E-state index in [4.69, 9.17) is 4.74 Å². The van der Waals surface area contributed by atoms with Crippen LogP contribution in [0.1, 0.15) is 28.4 Å². The van der Waals surface area contributed by atoms with E-state index in [1.165, 1.54) is 0 Å². The maximum atomic E-state index is 12.2. The summed E-state index contributed by atoms with van der Waals surface area (Å²) in [6.07, 6.45) is 0. The zero-order valence-corrected chi connectivity index (χ0v) is 15.3. The van der Waals surface area contributed by atoms with Gasteiger partial charge in [-0.25, -0.2) is 4.79 Å². The summed E-state index contributed by atoms with van der Waals surface area (Å²) < 4.78 is 17.1. The lowest BCUT2D eigenvalue weighted by Gasteiger charge is -2.11. The van der Waals surface area contributed by atoms with Crippen LogP contribution in [0.15, 0.2) is 47.4 Å². The molecule has 0 spiro atoms. The number of benzene rings is 2. The molecule has 132 valence electrons. The van der Waals surface area contributed by atoms with Gasteiger partial charge in [0, 0.05) is 11.4 Å². The monoisotopic (exact) mass is 359 g/mol. The summed E-state index contributed by atoms with van der Waals surface area (Å²) in [5.41, 5.74) is 2.94. The Kier molecular flexibility index (Phi) is 6.47. The molecule has 1 unspecified atom stereocenters. The van der Waals surface area contributed by atoms with Crippen LogP contribution in [0.25, 0.3) is 0 Å². The molecule has 0 aliphatic heterocycles. The van der Waals surface area contributed by atoms with Gasteiger partial charge < -0.3 is 10.1 Å².